The fraction of sp³-hybridized carbons (Fsp3) is 0.571. The minimum Gasteiger partial charge on any atom is -0.369 e. The molecule has 1 aromatic carbocycles. The molecular weight excluding hydrogens is 196 g/mol. The lowest BCUT2D eigenvalue weighted by Crippen LogP contribution is -2.47. The lowest BCUT2D eigenvalue weighted by molar-refractivity contribution is 0.231. The van der Waals surface area contributed by atoms with E-state index in [0.29, 0.717) is 0 Å². The van der Waals surface area contributed by atoms with Gasteiger partial charge in [-0.1, -0.05) is 26.0 Å². The zero-order valence-electron chi connectivity index (χ0n) is 10.3. The van der Waals surface area contributed by atoms with Gasteiger partial charge >= 0.3 is 0 Å². The van der Waals surface area contributed by atoms with Gasteiger partial charge in [-0.3, -0.25) is 4.90 Å². The molecule has 87 valence electrons. The number of piperazine rings is 1. The second-order valence-corrected chi connectivity index (χ2v) is 4.94. The minimum absolute atomic E-state index is 0.775. The summed E-state index contributed by atoms with van der Waals surface area (Å²) in [6, 6.07) is 11.4. The van der Waals surface area contributed by atoms with Crippen LogP contribution in [0.4, 0.5) is 5.69 Å². The van der Waals surface area contributed by atoms with Crippen LogP contribution < -0.4 is 4.90 Å². The maximum Gasteiger partial charge on any atom is 0.0373 e. The van der Waals surface area contributed by atoms with Crippen molar-refractivity contribution >= 4 is 5.69 Å². The van der Waals surface area contributed by atoms with E-state index in [2.05, 4.69) is 47.9 Å². The minimum atomic E-state index is 0.775. The van der Waals surface area contributed by atoms with Crippen molar-refractivity contribution in [3.05, 3.63) is 30.3 Å². The van der Waals surface area contributed by atoms with E-state index in [-0.39, 0.29) is 0 Å². The Bertz CT molecular complexity index is 300. The molecule has 0 aliphatic carbocycles. The molecule has 2 heteroatoms. The molecule has 0 aromatic heterocycles. The van der Waals surface area contributed by atoms with Gasteiger partial charge in [0.05, 0.1) is 0 Å². The Morgan fingerprint density at radius 1 is 1.25 bits per heavy atom. The fourth-order valence-electron chi connectivity index (χ4n) is 2.29. The van der Waals surface area contributed by atoms with Crippen LogP contribution in [0.1, 0.15) is 13.8 Å². The first-order valence-corrected chi connectivity index (χ1v) is 6.19. The third kappa shape index (κ3) is 2.99. The molecule has 1 aliphatic heterocycles. The molecular formula is C14H21N2. The molecule has 0 amide bonds. The van der Waals surface area contributed by atoms with E-state index in [1.165, 1.54) is 25.3 Å². The first kappa shape index (κ1) is 11.5. The van der Waals surface area contributed by atoms with Crippen LogP contribution in [0.3, 0.4) is 0 Å². The molecule has 0 spiro atoms. The Morgan fingerprint density at radius 2 is 2.00 bits per heavy atom. The van der Waals surface area contributed by atoms with E-state index in [1.807, 2.05) is 6.07 Å². The summed E-state index contributed by atoms with van der Waals surface area (Å²) in [7, 11) is 0. The van der Waals surface area contributed by atoms with E-state index in [0.717, 1.165) is 19.0 Å². The third-order valence-electron chi connectivity index (χ3n) is 3.05. The molecule has 0 bridgehead atoms. The van der Waals surface area contributed by atoms with Crippen molar-refractivity contribution < 1.29 is 0 Å². The Hall–Kier alpha value is -1.02. The standard InChI is InChI=1S/C14H21N2/c1-13(2)12-15-8-10-16(11-9-15)14-6-4-3-5-7-14/h3-4,6-7,13H,8-12H2,1-2H3. The van der Waals surface area contributed by atoms with Crippen LogP contribution in [-0.4, -0.2) is 37.6 Å². The SMILES string of the molecule is CC(C)CN1CCN(c2c[c]ccc2)CC1. The predicted octanol–water partition coefficient (Wildman–Crippen LogP) is 2.26. The third-order valence-corrected chi connectivity index (χ3v) is 3.05. The van der Waals surface area contributed by atoms with Crippen LogP contribution in [0, 0.1) is 12.0 Å². The molecule has 1 fully saturated rings. The zero-order valence-corrected chi connectivity index (χ0v) is 10.3. The Kier molecular flexibility index (Phi) is 3.83. The molecule has 0 atom stereocenters. The van der Waals surface area contributed by atoms with Gasteiger partial charge in [0.1, 0.15) is 0 Å². The highest BCUT2D eigenvalue weighted by molar-refractivity contribution is 5.45. The van der Waals surface area contributed by atoms with Crippen molar-refractivity contribution in [3.8, 4) is 0 Å². The molecule has 2 rings (SSSR count). The largest absolute Gasteiger partial charge is 0.369 e. The van der Waals surface area contributed by atoms with Crippen molar-refractivity contribution in [1.29, 1.82) is 0 Å². The Balaban J connectivity index is 1.86. The monoisotopic (exact) mass is 217 g/mol. The summed E-state index contributed by atoms with van der Waals surface area (Å²) in [5.74, 6) is 0.775. The Morgan fingerprint density at radius 3 is 2.56 bits per heavy atom. The maximum atomic E-state index is 3.15. The second-order valence-electron chi connectivity index (χ2n) is 4.94. The van der Waals surface area contributed by atoms with Crippen LogP contribution >= 0.6 is 0 Å². The van der Waals surface area contributed by atoms with Crippen LogP contribution in [0.2, 0.25) is 0 Å². The zero-order chi connectivity index (χ0) is 11.4. The molecule has 1 saturated heterocycles. The lowest BCUT2D eigenvalue weighted by Gasteiger charge is -2.36. The summed E-state index contributed by atoms with van der Waals surface area (Å²) < 4.78 is 0. The predicted molar refractivity (Wildman–Crippen MR) is 68.8 cm³/mol. The molecule has 1 aliphatic rings. The van der Waals surface area contributed by atoms with E-state index >= 15 is 0 Å². The number of hydrogen-bond acceptors (Lipinski definition) is 2. The number of nitrogens with zero attached hydrogens (tertiary/aromatic N) is 2. The molecule has 1 aromatic rings. The molecule has 0 unspecified atom stereocenters. The first-order chi connectivity index (χ1) is 7.75. The van der Waals surface area contributed by atoms with Gasteiger partial charge in [-0.05, 0) is 24.1 Å². The summed E-state index contributed by atoms with van der Waals surface area (Å²) in [4.78, 5) is 5.02. The molecule has 16 heavy (non-hydrogen) atoms. The summed E-state index contributed by atoms with van der Waals surface area (Å²) in [5.41, 5.74) is 1.31. The summed E-state index contributed by atoms with van der Waals surface area (Å²) in [6.07, 6.45) is 0. The topological polar surface area (TPSA) is 6.48 Å². The van der Waals surface area contributed by atoms with Gasteiger partial charge < -0.3 is 4.90 Å². The highest BCUT2D eigenvalue weighted by atomic mass is 15.3. The van der Waals surface area contributed by atoms with Gasteiger partial charge in [-0.15, -0.1) is 0 Å². The van der Waals surface area contributed by atoms with Gasteiger partial charge in [0.2, 0.25) is 0 Å². The second kappa shape index (κ2) is 5.35. The van der Waals surface area contributed by atoms with Gasteiger partial charge in [0.25, 0.3) is 0 Å². The molecule has 2 nitrogen and oxygen atoms in total. The van der Waals surface area contributed by atoms with E-state index in [9.17, 15) is 0 Å². The van der Waals surface area contributed by atoms with Gasteiger partial charge in [0, 0.05) is 38.4 Å². The average molecular weight is 217 g/mol. The van der Waals surface area contributed by atoms with Crippen molar-refractivity contribution in [2.75, 3.05) is 37.6 Å². The van der Waals surface area contributed by atoms with E-state index < -0.39 is 0 Å². The van der Waals surface area contributed by atoms with Gasteiger partial charge in [0.15, 0.2) is 0 Å². The molecule has 1 radical (unpaired) electrons. The summed E-state index contributed by atoms with van der Waals surface area (Å²) in [5, 5.41) is 0. The number of anilines is 1. The van der Waals surface area contributed by atoms with Gasteiger partial charge in [-0.2, -0.15) is 0 Å². The normalized spacial score (nSPS) is 18.1. The quantitative estimate of drug-likeness (QED) is 0.766. The summed E-state index contributed by atoms with van der Waals surface area (Å²) >= 11 is 0. The average Bonchev–Trinajstić information content (AvgIpc) is 2.30. The van der Waals surface area contributed by atoms with Gasteiger partial charge in [-0.25, -0.2) is 0 Å². The number of benzene rings is 1. The van der Waals surface area contributed by atoms with Crippen molar-refractivity contribution in [1.82, 2.24) is 4.90 Å². The highest BCUT2D eigenvalue weighted by Crippen LogP contribution is 2.15. The maximum absolute atomic E-state index is 3.15. The van der Waals surface area contributed by atoms with E-state index in [1.54, 1.807) is 0 Å². The highest BCUT2D eigenvalue weighted by Gasteiger charge is 2.17. The van der Waals surface area contributed by atoms with Crippen LogP contribution in [0.25, 0.3) is 0 Å². The van der Waals surface area contributed by atoms with Crippen LogP contribution in [0.15, 0.2) is 24.3 Å². The molecule has 0 N–H and O–H groups in total. The number of hydrogen-bond donors (Lipinski definition) is 0. The number of rotatable bonds is 3. The van der Waals surface area contributed by atoms with Crippen LogP contribution in [-0.2, 0) is 0 Å². The lowest BCUT2D eigenvalue weighted by atomic mass is 10.2. The van der Waals surface area contributed by atoms with Crippen LogP contribution in [0.5, 0.6) is 0 Å². The van der Waals surface area contributed by atoms with Crippen molar-refractivity contribution in [2.45, 2.75) is 13.8 Å². The smallest absolute Gasteiger partial charge is 0.0373 e. The first-order valence-electron chi connectivity index (χ1n) is 6.19. The van der Waals surface area contributed by atoms with Crippen molar-refractivity contribution in [3.63, 3.8) is 0 Å². The molecule has 0 saturated carbocycles. The van der Waals surface area contributed by atoms with E-state index in [4.69, 9.17) is 0 Å². The Labute approximate surface area is 98.9 Å². The summed E-state index contributed by atoms with van der Waals surface area (Å²) in [6.45, 7) is 10.5. The van der Waals surface area contributed by atoms with Crippen molar-refractivity contribution in [2.24, 2.45) is 5.92 Å². The fourth-order valence-corrected chi connectivity index (χ4v) is 2.29. The molecule has 1 heterocycles.